The highest BCUT2D eigenvalue weighted by molar-refractivity contribution is 6.32. The maximum Gasteiger partial charge on any atom is 0.408 e. The van der Waals surface area contributed by atoms with Crippen LogP contribution in [-0.2, 0) is 22.4 Å². The SMILES string of the molecule is CC(C)(C)OC(=O)NCC(=O)Oc1ccc(C(=O)Oc2ccc3c4c(c(=O)oc3c2)CCC4)cc1Cl. The fraction of sp³-hybridized carbons (Fsp3) is 0.308. The molecule has 3 aromatic rings. The van der Waals surface area contributed by atoms with Crippen LogP contribution >= 0.6 is 11.6 Å². The smallest absolute Gasteiger partial charge is 0.408 e. The van der Waals surface area contributed by atoms with Crippen molar-refractivity contribution >= 4 is 40.6 Å². The third-order valence-electron chi connectivity index (χ3n) is 5.32. The van der Waals surface area contributed by atoms with Crippen LogP contribution in [0.2, 0.25) is 5.02 Å². The first-order valence-electron chi connectivity index (χ1n) is 11.3. The quantitative estimate of drug-likeness (QED) is 0.299. The van der Waals surface area contributed by atoms with Gasteiger partial charge in [0.15, 0.2) is 0 Å². The van der Waals surface area contributed by atoms with Crippen LogP contribution in [0.4, 0.5) is 4.79 Å². The van der Waals surface area contributed by atoms with Crippen molar-refractivity contribution in [2.75, 3.05) is 6.54 Å². The molecule has 1 N–H and O–H groups in total. The predicted octanol–water partition coefficient (Wildman–Crippen LogP) is 4.58. The van der Waals surface area contributed by atoms with Gasteiger partial charge in [-0.25, -0.2) is 19.2 Å². The Balaban J connectivity index is 1.40. The number of carbonyl (C=O) groups is 3. The zero-order valence-corrected chi connectivity index (χ0v) is 20.7. The van der Waals surface area contributed by atoms with Crippen LogP contribution in [-0.4, -0.2) is 30.2 Å². The van der Waals surface area contributed by atoms with E-state index in [2.05, 4.69) is 5.32 Å². The number of halogens is 1. The lowest BCUT2D eigenvalue weighted by atomic mass is 10.1. The Morgan fingerprint density at radius 3 is 2.50 bits per heavy atom. The van der Waals surface area contributed by atoms with E-state index >= 15 is 0 Å². The van der Waals surface area contributed by atoms with Crippen LogP contribution in [0.5, 0.6) is 11.5 Å². The van der Waals surface area contributed by atoms with E-state index in [1.54, 1.807) is 32.9 Å². The summed E-state index contributed by atoms with van der Waals surface area (Å²) in [6, 6.07) is 8.92. The lowest BCUT2D eigenvalue weighted by Crippen LogP contribution is -2.36. The number of rotatable bonds is 5. The molecule has 0 aliphatic heterocycles. The number of hydrogen-bond acceptors (Lipinski definition) is 8. The number of hydrogen-bond donors (Lipinski definition) is 1. The van der Waals surface area contributed by atoms with Crippen molar-refractivity contribution in [3.8, 4) is 11.5 Å². The Hall–Kier alpha value is -3.85. The molecule has 1 aromatic heterocycles. The summed E-state index contributed by atoms with van der Waals surface area (Å²) in [6.45, 7) is 4.65. The fourth-order valence-corrected chi connectivity index (χ4v) is 4.04. The zero-order chi connectivity index (χ0) is 26.0. The van der Waals surface area contributed by atoms with Crippen LogP contribution in [0, 0.1) is 0 Å². The first kappa shape index (κ1) is 25.2. The van der Waals surface area contributed by atoms with Gasteiger partial charge in [-0.15, -0.1) is 0 Å². The number of nitrogens with one attached hydrogen (secondary N) is 1. The molecule has 0 bridgehead atoms. The molecule has 0 unspecified atom stereocenters. The summed E-state index contributed by atoms with van der Waals surface area (Å²) >= 11 is 6.17. The second kappa shape index (κ2) is 10.0. The summed E-state index contributed by atoms with van der Waals surface area (Å²) in [5.41, 5.74) is 1.09. The van der Waals surface area contributed by atoms with Crippen molar-refractivity contribution in [3.63, 3.8) is 0 Å². The summed E-state index contributed by atoms with van der Waals surface area (Å²) in [4.78, 5) is 48.5. The number of amides is 1. The first-order valence-corrected chi connectivity index (χ1v) is 11.7. The van der Waals surface area contributed by atoms with Crippen molar-refractivity contribution < 1.29 is 33.0 Å². The van der Waals surface area contributed by atoms with Crippen molar-refractivity contribution in [2.24, 2.45) is 0 Å². The lowest BCUT2D eigenvalue weighted by Gasteiger charge is -2.19. The van der Waals surface area contributed by atoms with Gasteiger partial charge in [-0.05, 0) is 75.9 Å². The van der Waals surface area contributed by atoms with Crippen molar-refractivity contribution in [1.82, 2.24) is 5.32 Å². The van der Waals surface area contributed by atoms with Gasteiger partial charge in [-0.2, -0.15) is 0 Å². The van der Waals surface area contributed by atoms with Gasteiger partial charge in [0.05, 0.1) is 10.6 Å². The number of alkyl carbamates (subject to hydrolysis) is 1. The minimum Gasteiger partial charge on any atom is -0.444 e. The number of esters is 2. The molecule has 0 spiro atoms. The highest BCUT2D eigenvalue weighted by atomic mass is 35.5. The van der Waals surface area contributed by atoms with Crippen LogP contribution in [0.25, 0.3) is 11.0 Å². The molecule has 188 valence electrons. The molecule has 1 amide bonds. The third-order valence-corrected chi connectivity index (χ3v) is 5.62. The monoisotopic (exact) mass is 513 g/mol. The fourth-order valence-electron chi connectivity index (χ4n) is 3.82. The second-order valence-corrected chi connectivity index (χ2v) is 9.63. The third kappa shape index (κ3) is 5.85. The van der Waals surface area contributed by atoms with Gasteiger partial charge < -0.3 is 23.9 Å². The molecule has 0 radical (unpaired) electrons. The maximum absolute atomic E-state index is 12.6. The average molecular weight is 514 g/mol. The van der Waals surface area contributed by atoms with Crippen LogP contribution < -0.4 is 20.4 Å². The standard InChI is InChI=1S/C26H24ClNO8/c1-26(2,3)36-25(32)28-13-22(29)34-20-10-7-14(11-19(20)27)23(30)33-15-8-9-17-16-5-4-6-18(16)24(31)35-21(17)12-15/h7-12H,4-6,13H2,1-3H3,(H,28,32). The molecule has 2 aromatic carbocycles. The molecule has 1 aliphatic rings. The topological polar surface area (TPSA) is 121 Å². The van der Waals surface area contributed by atoms with E-state index in [9.17, 15) is 19.2 Å². The highest BCUT2D eigenvalue weighted by Crippen LogP contribution is 2.30. The van der Waals surface area contributed by atoms with Crippen LogP contribution in [0.15, 0.2) is 45.6 Å². The van der Waals surface area contributed by atoms with Gasteiger partial charge >= 0.3 is 23.7 Å². The molecule has 0 saturated heterocycles. The Kier molecular flexibility index (Phi) is 7.03. The minimum absolute atomic E-state index is 0.00450. The Morgan fingerprint density at radius 1 is 1.03 bits per heavy atom. The van der Waals surface area contributed by atoms with Crippen molar-refractivity contribution in [1.29, 1.82) is 0 Å². The minimum atomic E-state index is -0.776. The van der Waals surface area contributed by atoms with E-state index in [0.717, 1.165) is 23.8 Å². The Bertz CT molecular complexity index is 1420. The predicted molar refractivity (Wildman–Crippen MR) is 131 cm³/mol. The second-order valence-electron chi connectivity index (χ2n) is 9.22. The van der Waals surface area contributed by atoms with Gasteiger partial charge in [0, 0.05) is 17.0 Å². The summed E-state index contributed by atoms with van der Waals surface area (Å²) in [7, 11) is 0. The van der Waals surface area contributed by atoms with Gasteiger partial charge in [0.1, 0.15) is 29.2 Å². The molecule has 1 aliphatic carbocycles. The summed E-state index contributed by atoms with van der Waals surface area (Å²) in [5.74, 6) is -1.27. The van der Waals surface area contributed by atoms with E-state index in [0.29, 0.717) is 17.6 Å². The Labute approximate surface area is 211 Å². The molecular weight excluding hydrogens is 490 g/mol. The van der Waals surface area contributed by atoms with Gasteiger partial charge in [-0.1, -0.05) is 11.6 Å². The average Bonchev–Trinajstić information content (AvgIpc) is 3.29. The molecule has 0 fully saturated rings. The highest BCUT2D eigenvalue weighted by Gasteiger charge is 2.21. The molecule has 1 heterocycles. The van der Waals surface area contributed by atoms with E-state index < -0.39 is 30.2 Å². The van der Waals surface area contributed by atoms with E-state index in [-0.39, 0.29) is 27.7 Å². The first-order chi connectivity index (χ1) is 17.0. The van der Waals surface area contributed by atoms with E-state index in [1.165, 1.54) is 24.3 Å². The summed E-state index contributed by atoms with van der Waals surface area (Å²) < 4.78 is 21.0. The molecule has 36 heavy (non-hydrogen) atoms. The number of fused-ring (bicyclic) bond motifs is 3. The largest absolute Gasteiger partial charge is 0.444 e. The van der Waals surface area contributed by atoms with Gasteiger partial charge in [-0.3, -0.25) is 0 Å². The number of aryl methyl sites for hydroxylation is 1. The van der Waals surface area contributed by atoms with Crippen LogP contribution in [0.3, 0.4) is 0 Å². The maximum atomic E-state index is 12.6. The van der Waals surface area contributed by atoms with E-state index in [1.807, 2.05) is 0 Å². The number of carbonyl (C=O) groups excluding carboxylic acids is 3. The Morgan fingerprint density at radius 2 is 1.78 bits per heavy atom. The zero-order valence-electron chi connectivity index (χ0n) is 19.9. The summed E-state index contributed by atoms with van der Waals surface area (Å²) in [6.07, 6.45) is 1.66. The number of ether oxygens (including phenoxy) is 3. The number of benzene rings is 2. The van der Waals surface area contributed by atoms with Crippen LogP contribution in [0.1, 0.15) is 48.7 Å². The van der Waals surface area contributed by atoms with E-state index in [4.69, 9.17) is 30.2 Å². The van der Waals surface area contributed by atoms with Crippen molar-refractivity contribution in [3.05, 3.63) is 68.5 Å². The normalized spacial score (nSPS) is 12.7. The van der Waals surface area contributed by atoms with Gasteiger partial charge in [0.25, 0.3) is 0 Å². The van der Waals surface area contributed by atoms with Crippen molar-refractivity contribution in [2.45, 2.75) is 45.6 Å². The molecule has 4 rings (SSSR count). The van der Waals surface area contributed by atoms with Gasteiger partial charge in [0.2, 0.25) is 0 Å². The molecule has 0 atom stereocenters. The molecule has 10 heteroatoms. The lowest BCUT2D eigenvalue weighted by molar-refractivity contribution is -0.133. The molecular formula is C26H24ClNO8. The molecule has 9 nitrogen and oxygen atoms in total. The summed E-state index contributed by atoms with van der Waals surface area (Å²) in [5, 5.41) is 3.11. The molecule has 0 saturated carbocycles.